The molecular formula is C26H33NO5. The summed E-state index contributed by atoms with van der Waals surface area (Å²) >= 11 is 0. The van der Waals surface area contributed by atoms with Crippen LogP contribution in [0, 0.1) is 0 Å². The second-order valence-electron chi connectivity index (χ2n) is 7.37. The van der Waals surface area contributed by atoms with Gasteiger partial charge in [-0.3, -0.25) is 4.79 Å². The maximum Gasteiger partial charge on any atom is 0.335 e. The van der Waals surface area contributed by atoms with Crippen molar-refractivity contribution in [1.82, 2.24) is 5.32 Å². The van der Waals surface area contributed by atoms with Crippen LogP contribution in [-0.2, 0) is 17.8 Å². The van der Waals surface area contributed by atoms with E-state index in [0.29, 0.717) is 13.0 Å². The van der Waals surface area contributed by atoms with Gasteiger partial charge in [-0.2, -0.15) is 0 Å². The largest absolute Gasteiger partial charge is 0.497 e. The molecule has 0 atom stereocenters. The molecule has 3 rings (SSSR count). The fourth-order valence-electron chi connectivity index (χ4n) is 3.71. The zero-order valence-electron chi connectivity index (χ0n) is 19.4. The molecule has 0 fully saturated rings. The Morgan fingerprint density at radius 1 is 0.906 bits per heavy atom. The Morgan fingerprint density at radius 2 is 1.50 bits per heavy atom. The van der Waals surface area contributed by atoms with Crippen molar-refractivity contribution in [2.75, 3.05) is 14.2 Å². The van der Waals surface area contributed by atoms with Crippen LogP contribution in [0.2, 0.25) is 0 Å². The lowest BCUT2D eigenvalue weighted by Crippen LogP contribution is -2.27. The smallest absolute Gasteiger partial charge is 0.335 e. The van der Waals surface area contributed by atoms with Gasteiger partial charge in [-0.05, 0) is 67.5 Å². The van der Waals surface area contributed by atoms with E-state index in [1.54, 1.807) is 38.5 Å². The predicted octanol–water partition coefficient (Wildman–Crippen LogP) is 5.16. The van der Waals surface area contributed by atoms with Gasteiger partial charge in [0.1, 0.15) is 11.5 Å². The summed E-state index contributed by atoms with van der Waals surface area (Å²) in [5, 5.41) is 12.0. The SMILES string of the molecule is CC.COc1cc(CC2=C(C(=O)NCc3ccc(C(=O)O)cc3)CCCC2)cc(OC)c1. The number of ether oxygens (including phenoxy) is 2. The molecule has 2 N–H and O–H groups in total. The highest BCUT2D eigenvalue weighted by atomic mass is 16.5. The minimum Gasteiger partial charge on any atom is -0.497 e. The van der Waals surface area contributed by atoms with Crippen LogP contribution in [0.5, 0.6) is 11.5 Å². The summed E-state index contributed by atoms with van der Waals surface area (Å²) < 4.78 is 10.7. The van der Waals surface area contributed by atoms with E-state index < -0.39 is 5.97 Å². The molecule has 0 bridgehead atoms. The molecule has 32 heavy (non-hydrogen) atoms. The molecule has 0 saturated heterocycles. The van der Waals surface area contributed by atoms with Crippen molar-refractivity contribution in [3.63, 3.8) is 0 Å². The average Bonchev–Trinajstić information content (AvgIpc) is 2.84. The highest BCUT2D eigenvalue weighted by Gasteiger charge is 2.19. The van der Waals surface area contributed by atoms with Crippen LogP contribution in [0.3, 0.4) is 0 Å². The summed E-state index contributed by atoms with van der Waals surface area (Å²) in [7, 11) is 3.25. The zero-order chi connectivity index (χ0) is 23.5. The molecule has 0 radical (unpaired) electrons. The summed E-state index contributed by atoms with van der Waals surface area (Å²) in [5.41, 5.74) is 4.15. The molecule has 6 nitrogen and oxygen atoms in total. The molecule has 0 aliphatic heterocycles. The van der Waals surface area contributed by atoms with Crippen molar-refractivity contribution >= 4 is 11.9 Å². The first kappa shape index (κ1) is 25.0. The van der Waals surface area contributed by atoms with Crippen molar-refractivity contribution in [1.29, 1.82) is 0 Å². The standard InChI is InChI=1S/C24H27NO5.C2H6/c1-29-20-12-17(13-21(14-20)30-2)11-19-5-3-4-6-22(19)23(26)25-15-16-7-9-18(10-8-16)24(27)28;1-2/h7-10,12-14H,3-6,11,15H2,1-2H3,(H,25,26)(H,27,28);1-2H3. The van der Waals surface area contributed by atoms with Crippen LogP contribution >= 0.6 is 0 Å². The Hall–Kier alpha value is -3.28. The number of carbonyl (C=O) groups excluding carboxylic acids is 1. The lowest BCUT2D eigenvalue weighted by Gasteiger charge is -2.21. The number of carboxylic acids is 1. The molecule has 1 aliphatic carbocycles. The van der Waals surface area contributed by atoms with Crippen molar-refractivity contribution in [3.05, 3.63) is 70.3 Å². The molecule has 0 heterocycles. The molecule has 0 aromatic heterocycles. The van der Waals surface area contributed by atoms with Gasteiger partial charge in [0.2, 0.25) is 5.91 Å². The number of allylic oxidation sites excluding steroid dienone is 1. The van der Waals surface area contributed by atoms with E-state index >= 15 is 0 Å². The molecule has 2 aromatic rings. The second kappa shape index (κ2) is 12.5. The van der Waals surface area contributed by atoms with Crippen LogP contribution in [0.25, 0.3) is 0 Å². The van der Waals surface area contributed by atoms with E-state index in [2.05, 4.69) is 5.32 Å². The monoisotopic (exact) mass is 439 g/mol. The van der Waals surface area contributed by atoms with Gasteiger partial charge in [0, 0.05) is 18.2 Å². The number of nitrogens with one attached hydrogen (secondary N) is 1. The molecular weight excluding hydrogens is 406 g/mol. The van der Waals surface area contributed by atoms with Gasteiger partial charge in [-0.1, -0.05) is 31.6 Å². The number of carboxylic acid groups (broad SMARTS) is 1. The molecule has 2 aromatic carbocycles. The Bertz CT molecular complexity index is 925. The molecule has 1 aliphatic rings. The van der Waals surface area contributed by atoms with Crippen LogP contribution in [0.15, 0.2) is 53.6 Å². The number of benzene rings is 2. The minimum absolute atomic E-state index is 0.0538. The second-order valence-corrected chi connectivity index (χ2v) is 7.37. The van der Waals surface area contributed by atoms with E-state index in [1.165, 1.54) is 0 Å². The minimum atomic E-state index is -0.961. The fourth-order valence-corrected chi connectivity index (χ4v) is 3.71. The van der Waals surface area contributed by atoms with Crippen LogP contribution in [0.1, 0.15) is 61.0 Å². The van der Waals surface area contributed by atoms with Gasteiger partial charge in [0.25, 0.3) is 0 Å². The molecule has 172 valence electrons. The molecule has 6 heteroatoms. The van der Waals surface area contributed by atoms with Gasteiger partial charge >= 0.3 is 5.97 Å². The van der Waals surface area contributed by atoms with Crippen LogP contribution in [-0.4, -0.2) is 31.2 Å². The van der Waals surface area contributed by atoms with Crippen LogP contribution in [0.4, 0.5) is 0 Å². The molecule has 0 spiro atoms. The quantitative estimate of drug-likeness (QED) is 0.594. The summed E-state index contributed by atoms with van der Waals surface area (Å²) in [5.74, 6) is 0.451. The number of hydrogen-bond acceptors (Lipinski definition) is 4. The van der Waals surface area contributed by atoms with Crippen LogP contribution < -0.4 is 14.8 Å². The average molecular weight is 440 g/mol. The van der Waals surface area contributed by atoms with Crippen molar-refractivity contribution in [3.8, 4) is 11.5 Å². The Balaban J connectivity index is 0.00000176. The number of rotatable bonds is 8. The highest BCUT2D eigenvalue weighted by molar-refractivity contribution is 5.94. The third-order valence-corrected chi connectivity index (χ3v) is 5.34. The predicted molar refractivity (Wildman–Crippen MR) is 125 cm³/mol. The van der Waals surface area contributed by atoms with Crippen molar-refractivity contribution in [2.45, 2.75) is 52.5 Å². The lowest BCUT2D eigenvalue weighted by atomic mass is 9.87. The lowest BCUT2D eigenvalue weighted by molar-refractivity contribution is -0.118. The van der Waals surface area contributed by atoms with Crippen molar-refractivity contribution in [2.24, 2.45) is 0 Å². The van der Waals surface area contributed by atoms with E-state index in [9.17, 15) is 9.59 Å². The number of aromatic carboxylic acids is 1. The Kier molecular flexibility index (Phi) is 9.79. The van der Waals surface area contributed by atoms with Gasteiger partial charge in [0.15, 0.2) is 0 Å². The Morgan fingerprint density at radius 3 is 2.06 bits per heavy atom. The van der Waals surface area contributed by atoms with E-state index in [4.69, 9.17) is 14.6 Å². The van der Waals surface area contributed by atoms with Gasteiger partial charge in [-0.25, -0.2) is 4.79 Å². The molecule has 1 amide bonds. The maximum atomic E-state index is 12.9. The summed E-state index contributed by atoms with van der Waals surface area (Å²) in [6, 6.07) is 12.3. The molecule has 0 saturated carbocycles. The van der Waals surface area contributed by atoms with Gasteiger partial charge in [0.05, 0.1) is 19.8 Å². The van der Waals surface area contributed by atoms with E-state index in [-0.39, 0.29) is 11.5 Å². The first-order chi connectivity index (χ1) is 15.5. The first-order valence-corrected chi connectivity index (χ1v) is 11.0. The van der Waals surface area contributed by atoms with Crippen molar-refractivity contribution < 1.29 is 24.2 Å². The number of carbonyl (C=O) groups is 2. The normalized spacial score (nSPS) is 13.0. The number of amides is 1. The number of hydrogen-bond donors (Lipinski definition) is 2. The topological polar surface area (TPSA) is 84.9 Å². The Labute approximate surface area is 190 Å². The molecule has 0 unspecified atom stereocenters. The van der Waals surface area contributed by atoms with E-state index in [0.717, 1.165) is 59.5 Å². The third-order valence-electron chi connectivity index (χ3n) is 5.34. The summed E-state index contributed by atoms with van der Waals surface area (Å²) in [4.78, 5) is 23.8. The fraction of sp³-hybridized carbons (Fsp3) is 0.385. The maximum absolute atomic E-state index is 12.9. The van der Waals surface area contributed by atoms with Gasteiger partial charge < -0.3 is 19.9 Å². The van der Waals surface area contributed by atoms with Gasteiger partial charge in [-0.15, -0.1) is 0 Å². The summed E-state index contributed by atoms with van der Waals surface area (Å²) in [6.45, 7) is 4.36. The zero-order valence-corrected chi connectivity index (χ0v) is 19.4. The number of methoxy groups -OCH3 is 2. The summed E-state index contributed by atoms with van der Waals surface area (Å²) in [6.07, 6.45) is 4.42. The third kappa shape index (κ3) is 6.87. The van der Waals surface area contributed by atoms with E-state index in [1.807, 2.05) is 32.0 Å². The highest BCUT2D eigenvalue weighted by Crippen LogP contribution is 2.30. The first-order valence-electron chi connectivity index (χ1n) is 11.0.